The van der Waals surface area contributed by atoms with E-state index >= 15 is 0 Å². The van der Waals surface area contributed by atoms with E-state index in [1.54, 1.807) is 7.11 Å². The molecule has 4 nitrogen and oxygen atoms in total. The first-order valence-electron chi connectivity index (χ1n) is 8.84. The molecule has 0 aromatic heterocycles. The smallest absolute Gasteiger partial charge is 0.305 e. The highest BCUT2D eigenvalue weighted by molar-refractivity contribution is 5.69. The van der Waals surface area contributed by atoms with Gasteiger partial charge in [0.05, 0.1) is 12.7 Å². The Morgan fingerprint density at radius 3 is 2.29 bits per heavy atom. The SMILES string of the molecule is CCOC(=O)CCC(C)CC(C)C(OC)c1ccc(N(C)C)cc1. The highest BCUT2D eigenvalue weighted by Gasteiger charge is 2.21. The molecule has 0 aliphatic heterocycles. The van der Waals surface area contributed by atoms with Crippen LogP contribution in [0.1, 0.15) is 51.7 Å². The van der Waals surface area contributed by atoms with E-state index < -0.39 is 0 Å². The van der Waals surface area contributed by atoms with E-state index in [0.717, 1.165) is 12.8 Å². The highest BCUT2D eigenvalue weighted by atomic mass is 16.5. The van der Waals surface area contributed by atoms with E-state index in [4.69, 9.17) is 9.47 Å². The Labute approximate surface area is 147 Å². The van der Waals surface area contributed by atoms with Crippen LogP contribution in [-0.2, 0) is 14.3 Å². The summed E-state index contributed by atoms with van der Waals surface area (Å²) in [5.74, 6) is 0.750. The molecule has 3 atom stereocenters. The van der Waals surface area contributed by atoms with Crippen LogP contribution in [0.2, 0.25) is 0 Å². The fourth-order valence-corrected chi connectivity index (χ4v) is 3.13. The molecular formula is C20H33NO3. The first kappa shape index (κ1) is 20.5. The van der Waals surface area contributed by atoms with Crippen LogP contribution in [0.3, 0.4) is 0 Å². The van der Waals surface area contributed by atoms with Crippen molar-refractivity contribution in [2.75, 3.05) is 32.7 Å². The lowest BCUT2D eigenvalue weighted by molar-refractivity contribution is -0.143. The van der Waals surface area contributed by atoms with Crippen molar-refractivity contribution in [2.24, 2.45) is 11.8 Å². The van der Waals surface area contributed by atoms with E-state index in [-0.39, 0.29) is 12.1 Å². The molecule has 136 valence electrons. The molecule has 24 heavy (non-hydrogen) atoms. The number of benzene rings is 1. The quantitative estimate of drug-likeness (QED) is 0.592. The molecule has 0 aliphatic carbocycles. The van der Waals surface area contributed by atoms with Gasteiger partial charge < -0.3 is 14.4 Å². The van der Waals surface area contributed by atoms with Crippen LogP contribution in [0.25, 0.3) is 0 Å². The molecule has 0 amide bonds. The first-order chi connectivity index (χ1) is 11.4. The molecule has 0 radical (unpaired) electrons. The zero-order valence-corrected chi connectivity index (χ0v) is 16.0. The molecule has 1 rings (SSSR count). The molecule has 0 aliphatic rings. The highest BCUT2D eigenvalue weighted by Crippen LogP contribution is 2.32. The number of methoxy groups -OCH3 is 1. The van der Waals surface area contributed by atoms with Gasteiger partial charge in [-0.3, -0.25) is 4.79 Å². The van der Waals surface area contributed by atoms with Crippen LogP contribution in [0.5, 0.6) is 0 Å². The predicted octanol–water partition coefficient (Wildman–Crippen LogP) is 4.45. The molecule has 3 unspecified atom stereocenters. The Morgan fingerprint density at radius 2 is 1.79 bits per heavy atom. The van der Waals surface area contributed by atoms with Crippen LogP contribution >= 0.6 is 0 Å². The molecule has 1 aromatic carbocycles. The van der Waals surface area contributed by atoms with Crippen molar-refractivity contribution in [1.29, 1.82) is 0 Å². The average molecular weight is 335 g/mol. The standard InChI is InChI=1S/C20H33NO3/c1-7-24-19(22)13-8-15(2)14-16(3)20(23-6)17-9-11-18(12-10-17)21(4)5/h9-12,15-16,20H,7-8,13-14H2,1-6H3. The van der Waals surface area contributed by atoms with Crippen molar-refractivity contribution in [3.8, 4) is 0 Å². The van der Waals surface area contributed by atoms with Gasteiger partial charge in [-0.05, 0) is 49.3 Å². The van der Waals surface area contributed by atoms with Crippen LogP contribution in [-0.4, -0.2) is 33.8 Å². The third-order valence-electron chi connectivity index (χ3n) is 4.43. The third-order valence-corrected chi connectivity index (χ3v) is 4.43. The molecule has 0 bridgehead atoms. The summed E-state index contributed by atoms with van der Waals surface area (Å²) in [5.41, 5.74) is 2.39. The molecule has 1 aromatic rings. The normalized spacial score (nSPS) is 14.8. The molecule has 0 saturated heterocycles. The van der Waals surface area contributed by atoms with Gasteiger partial charge in [-0.1, -0.05) is 26.0 Å². The van der Waals surface area contributed by atoms with Gasteiger partial charge in [0.1, 0.15) is 0 Å². The molecular weight excluding hydrogens is 302 g/mol. The van der Waals surface area contributed by atoms with Crippen LogP contribution in [0.15, 0.2) is 24.3 Å². The number of carbonyl (C=O) groups excluding carboxylic acids is 1. The molecule has 4 heteroatoms. The Balaban J connectivity index is 2.59. The lowest BCUT2D eigenvalue weighted by Crippen LogP contribution is -2.16. The summed E-state index contributed by atoms with van der Waals surface area (Å²) < 4.78 is 10.8. The van der Waals surface area contributed by atoms with E-state index in [1.165, 1.54) is 11.3 Å². The number of anilines is 1. The van der Waals surface area contributed by atoms with Gasteiger partial charge in [0.2, 0.25) is 0 Å². The van der Waals surface area contributed by atoms with E-state index in [0.29, 0.717) is 24.9 Å². The van der Waals surface area contributed by atoms with Gasteiger partial charge in [-0.2, -0.15) is 0 Å². The van der Waals surface area contributed by atoms with Gasteiger partial charge in [-0.25, -0.2) is 0 Å². The average Bonchev–Trinajstić information content (AvgIpc) is 2.54. The second kappa shape index (κ2) is 10.3. The lowest BCUT2D eigenvalue weighted by atomic mass is 9.87. The molecule has 0 saturated carbocycles. The van der Waals surface area contributed by atoms with Crippen molar-refractivity contribution in [3.63, 3.8) is 0 Å². The van der Waals surface area contributed by atoms with Crippen molar-refractivity contribution in [1.82, 2.24) is 0 Å². The second-order valence-electron chi connectivity index (χ2n) is 6.80. The van der Waals surface area contributed by atoms with Crippen molar-refractivity contribution >= 4 is 11.7 Å². The summed E-state index contributed by atoms with van der Waals surface area (Å²) in [6.07, 6.45) is 2.45. The van der Waals surface area contributed by atoms with Gasteiger partial charge in [0.25, 0.3) is 0 Å². The summed E-state index contributed by atoms with van der Waals surface area (Å²) in [5, 5.41) is 0. The summed E-state index contributed by atoms with van der Waals surface area (Å²) in [4.78, 5) is 13.6. The summed E-state index contributed by atoms with van der Waals surface area (Å²) in [6, 6.07) is 8.53. The van der Waals surface area contributed by atoms with Crippen molar-refractivity contribution < 1.29 is 14.3 Å². The number of hydrogen-bond acceptors (Lipinski definition) is 4. The minimum absolute atomic E-state index is 0.0752. The van der Waals surface area contributed by atoms with Crippen molar-refractivity contribution in [3.05, 3.63) is 29.8 Å². The van der Waals surface area contributed by atoms with Crippen molar-refractivity contribution in [2.45, 2.75) is 46.1 Å². The number of hydrogen-bond donors (Lipinski definition) is 0. The lowest BCUT2D eigenvalue weighted by Gasteiger charge is -2.26. The van der Waals surface area contributed by atoms with Gasteiger partial charge in [0.15, 0.2) is 0 Å². The van der Waals surface area contributed by atoms with Crippen LogP contribution in [0, 0.1) is 11.8 Å². The number of rotatable bonds is 10. The molecule has 0 fully saturated rings. The minimum Gasteiger partial charge on any atom is -0.466 e. The van der Waals surface area contributed by atoms with Gasteiger partial charge >= 0.3 is 5.97 Å². The maximum Gasteiger partial charge on any atom is 0.305 e. The summed E-state index contributed by atoms with van der Waals surface area (Å²) in [7, 11) is 5.84. The monoisotopic (exact) mass is 335 g/mol. The Morgan fingerprint density at radius 1 is 1.17 bits per heavy atom. The van der Waals surface area contributed by atoms with Crippen LogP contribution in [0.4, 0.5) is 5.69 Å². The Kier molecular flexibility index (Phi) is 8.83. The van der Waals surface area contributed by atoms with Gasteiger partial charge in [-0.15, -0.1) is 0 Å². The minimum atomic E-state index is -0.0976. The summed E-state index contributed by atoms with van der Waals surface area (Å²) in [6.45, 7) is 6.71. The first-order valence-corrected chi connectivity index (χ1v) is 8.84. The Bertz CT molecular complexity index is 484. The Hall–Kier alpha value is -1.55. The number of nitrogens with zero attached hydrogens (tertiary/aromatic N) is 1. The predicted molar refractivity (Wildman–Crippen MR) is 99.3 cm³/mol. The van der Waals surface area contributed by atoms with E-state index in [2.05, 4.69) is 43.0 Å². The van der Waals surface area contributed by atoms with Gasteiger partial charge in [0, 0.05) is 33.3 Å². The number of carbonyl (C=O) groups is 1. The zero-order chi connectivity index (χ0) is 18.1. The maximum atomic E-state index is 11.5. The van der Waals surface area contributed by atoms with E-state index in [9.17, 15) is 4.79 Å². The van der Waals surface area contributed by atoms with Crippen LogP contribution < -0.4 is 4.90 Å². The fourth-order valence-electron chi connectivity index (χ4n) is 3.13. The van der Waals surface area contributed by atoms with E-state index in [1.807, 2.05) is 21.0 Å². The maximum absolute atomic E-state index is 11.5. The molecule has 0 heterocycles. The fraction of sp³-hybridized carbons (Fsp3) is 0.650. The zero-order valence-electron chi connectivity index (χ0n) is 16.0. The third kappa shape index (κ3) is 6.52. The largest absolute Gasteiger partial charge is 0.466 e. The number of esters is 1. The number of ether oxygens (including phenoxy) is 2. The molecule has 0 N–H and O–H groups in total. The second-order valence-corrected chi connectivity index (χ2v) is 6.80. The summed E-state index contributed by atoms with van der Waals surface area (Å²) >= 11 is 0. The topological polar surface area (TPSA) is 38.8 Å². The molecule has 0 spiro atoms.